The van der Waals surface area contributed by atoms with Gasteiger partial charge in [0.2, 0.25) is 5.78 Å². The van der Waals surface area contributed by atoms with Crippen LogP contribution in [0.15, 0.2) is 59.9 Å². The van der Waals surface area contributed by atoms with Crippen LogP contribution in [0.1, 0.15) is 32.0 Å². The van der Waals surface area contributed by atoms with Gasteiger partial charge in [-0.1, -0.05) is 24.3 Å². The van der Waals surface area contributed by atoms with Crippen molar-refractivity contribution in [1.29, 1.82) is 0 Å². The maximum absolute atomic E-state index is 13.4. The van der Waals surface area contributed by atoms with Gasteiger partial charge in [-0.2, -0.15) is 0 Å². The van der Waals surface area contributed by atoms with Gasteiger partial charge < -0.3 is 15.3 Å². The van der Waals surface area contributed by atoms with Crippen LogP contribution in [0.5, 0.6) is 11.5 Å². The largest absolute Gasteiger partial charge is 0.508 e. The second kappa shape index (κ2) is 7.31. The third-order valence-corrected chi connectivity index (χ3v) is 5.98. The molecule has 0 saturated carbocycles. The molecule has 7 nitrogen and oxygen atoms in total. The smallest absolute Gasteiger partial charge is 0.294 e. The summed E-state index contributed by atoms with van der Waals surface area (Å²) < 4.78 is 0. The molecule has 3 N–H and O–H groups in total. The lowest BCUT2D eigenvalue weighted by molar-refractivity contribution is -0.117. The SMILES string of the molecule is Cc1nc(C)c(C(=O)C2=C(O)C(=O)N(c3ccccc3O)C2c2ccc(O)cc2)s1. The number of nitrogens with zero attached hydrogens (tertiary/aromatic N) is 2. The molecule has 1 aliphatic rings. The fourth-order valence-electron chi connectivity index (χ4n) is 3.59. The van der Waals surface area contributed by atoms with Gasteiger partial charge in [-0.3, -0.25) is 14.5 Å². The molecule has 4 rings (SSSR count). The van der Waals surface area contributed by atoms with E-state index in [0.717, 1.165) is 0 Å². The lowest BCUT2D eigenvalue weighted by Gasteiger charge is -2.27. The van der Waals surface area contributed by atoms with Crippen molar-refractivity contribution in [2.24, 2.45) is 0 Å². The van der Waals surface area contributed by atoms with Crippen LogP contribution in [-0.4, -0.2) is 32.0 Å². The number of aromatic nitrogens is 1. The molecule has 0 bridgehead atoms. The first-order valence-electron chi connectivity index (χ1n) is 9.12. The number of para-hydroxylation sites is 2. The van der Waals surface area contributed by atoms with Gasteiger partial charge in [-0.15, -0.1) is 11.3 Å². The van der Waals surface area contributed by atoms with Crippen LogP contribution in [0.25, 0.3) is 0 Å². The van der Waals surface area contributed by atoms with E-state index >= 15 is 0 Å². The van der Waals surface area contributed by atoms with Gasteiger partial charge in [-0.25, -0.2) is 4.98 Å². The van der Waals surface area contributed by atoms with Crippen molar-refractivity contribution < 1.29 is 24.9 Å². The van der Waals surface area contributed by atoms with Crippen molar-refractivity contribution in [2.75, 3.05) is 4.90 Å². The number of benzene rings is 2. The average molecular weight is 422 g/mol. The number of hydrogen-bond acceptors (Lipinski definition) is 7. The maximum Gasteiger partial charge on any atom is 0.294 e. The quantitative estimate of drug-likeness (QED) is 0.549. The Kier molecular flexibility index (Phi) is 4.79. The molecule has 1 aromatic heterocycles. The number of aliphatic hydroxyl groups excluding tert-OH is 1. The van der Waals surface area contributed by atoms with Crippen LogP contribution < -0.4 is 4.90 Å². The Hall–Kier alpha value is -3.65. The number of hydrogen-bond donors (Lipinski definition) is 3. The Morgan fingerprint density at radius 1 is 1.03 bits per heavy atom. The lowest BCUT2D eigenvalue weighted by atomic mass is 9.94. The molecule has 0 saturated heterocycles. The predicted octanol–water partition coefficient (Wildman–Crippen LogP) is 3.95. The summed E-state index contributed by atoms with van der Waals surface area (Å²) in [6.45, 7) is 3.47. The van der Waals surface area contributed by atoms with Crippen molar-refractivity contribution in [3.05, 3.63) is 81.0 Å². The van der Waals surface area contributed by atoms with E-state index in [9.17, 15) is 24.9 Å². The molecule has 0 spiro atoms. The Morgan fingerprint density at radius 2 is 1.70 bits per heavy atom. The zero-order valence-corrected chi connectivity index (χ0v) is 17.0. The number of amides is 1. The number of carbonyl (C=O) groups is 2. The van der Waals surface area contributed by atoms with Crippen LogP contribution in [0.2, 0.25) is 0 Å². The molecule has 3 aromatic rings. The molecule has 1 aliphatic heterocycles. The molecule has 0 fully saturated rings. The topological polar surface area (TPSA) is 111 Å². The first kappa shape index (κ1) is 19.7. The number of rotatable bonds is 4. The molecule has 30 heavy (non-hydrogen) atoms. The number of phenols is 2. The van der Waals surface area contributed by atoms with Gasteiger partial charge in [0.15, 0.2) is 5.76 Å². The average Bonchev–Trinajstić information content (AvgIpc) is 3.18. The molecule has 0 aliphatic carbocycles. The Morgan fingerprint density at radius 3 is 2.30 bits per heavy atom. The normalized spacial score (nSPS) is 16.4. The van der Waals surface area contributed by atoms with Crippen molar-refractivity contribution in [3.63, 3.8) is 0 Å². The fraction of sp³-hybridized carbons (Fsp3) is 0.136. The van der Waals surface area contributed by atoms with E-state index in [4.69, 9.17) is 0 Å². The van der Waals surface area contributed by atoms with Crippen LogP contribution in [0.3, 0.4) is 0 Å². The molecule has 1 atom stereocenters. The van der Waals surface area contributed by atoms with E-state index in [1.54, 1.807) is 38.1 Å². The van der Waals surface area contributed by atoms with Gasteiger partial charge >= 0.3 is 0 Å². The molecule has 2 aromatic carbocycles. The van der Waals surface area contributed by atoms with Crippen LogP contribution in [-0.2, 0) is 4.79 Å². The van der Waals surface area contributed by atoms with E-state index in [1.807, 2.05) is 0 Å². The van der Waals surface area contributed by atoms with Crippen LogP contribution >= 0.6 is 11.3 Å². The molecule has 152 valence electrons. The summed E-state index contributed by atoms with van der Waals surface area (Å²) in [6.07, 6.45) is 0. The molecule has 2 heterocycles. The zero-order chi connectivity index (χ0) is 21.6. The Labute approximate surface area is 176 Å². The highest BCUT2D eigenvalue weighted by Gasteiger charge is 2.46. The fourth-order valence-corrected chi connectivity index (χ4v) is 4.46. The molecule has 1 amide bonds. The number of aliphatic hydroxyl groups is 1. The first-order chi connectivity index (χ1) is 14.3. The summed E-state index contributed by atoms with van der Waals surface area (Å²) in [5, 5.41) is 31.4. The number of aryl methyl sites for hydroxylation is 2. The summed E-state index contributed by atoms with van der Waals surface area (Å²) in [7, 11) is 0. The van der Waals surface area contributed by atoms with E-state index in [0.29, 0.717) is 21.1 Å². The number of thiazole rings is 1. The highest BCUT2D eigenvalue weighted by molar-refractivity contribution is 7.14. The molecular weight excluding hydrogens is 404 g/mol. The van der Waals surface area contributed by atoms with Gasteiger partial charge in [0.05, 0.1) is 32.9 Å². The highest BCUT2D eigenvalue weighted by atomic mass is 32.1. The van der Waals surface area contributed by atoms with Crippen molar-refractivity contribution >= 4 is 28.7 Å². The summed E-state index contributed by atoms with van der Waals surface area (Å²) >= 11 is 1.19. The molecular formula is C22H18N2O5S. The summed E-state index contributed by atoms with van der Waals surface area (Å²) in [5.74, 6) is -2.11. The Balaban J connectivity index is 1.92. The first-order valence-corrected chi connectivity index (χ1v) is 9.93. The third kappa shape index (κ3) is 3.11. The second-order valence-electron chi connectivity index (χ2n) is 6.90. The maximum atomic E-state index is 13.4. The van der Waals surface area contributed by atoms with Gasteiger partial charge in [-0.05, 0) is 43.7 Å². The summed E-state index contributed by atoms with van der Waals surface area (Å²) in [6, 6.07) is 11.2. The minimum absolute atomic E-state index is 0.0205. The minimum Gasteiger partial charge on any atom is -0.508 e. The summed E-state index contributed by atoms with van der Waals surface area (Å²) in [4.78, 5) is 32.2. The number of aromatic hydroxyl groups is 2. The van der Waals surface area contributed by atoms with E-state index in [2.05, 4.69) is 4.98 Å². The van der Waals surface area contributed by atoms with E-state index in [-0.39, 0.29) is 22.8 Å². The number of phenolic OH excluding ortho intramolecular Hbond substituents is 2. The molecule has 0 radical (unpaired) electrons. The molecule has 1 unspecified atom stereocenters. The van der Waals surface area contributed by atoms with Gasteiger partial charge in [0, 0.05) is 0 Å². The van der Waals surface area contributed by atoms with Crippen molar-refractivity contribution in [3.8, 4) is 11.5 Å². The Bertz CT molecular complexity index is 1200. The standard InChI is InChI=1S/C22H18N2O5S/c1-11-21(30-12(2)23-11)19(27)17-18(13-7-9-14(25)10-8-13)24(22(29)20(17)28)15-5-3-4-6-16(15)26/h3-10,18,25-26,28H,1-2H3. The second-order valence-corrected chi connectivity index (χ2v) is 8.10. The number of carbonyl (C=O) groups excluding carboxylic acids is 2. The zero-order valence-electron chi connectivity index (χ0n) is 16.2. The summed E-state index contributed by atoms with van der Waals surface area (Å²) in [5.41, 5.74) is 1.07. The predicted molar refractivity (Wildman–Crippen MR) is 112 cm³/mol. The minimum atomic E-state index is -0.985. The van der Waals surface area contributed by atoms with Crippen LogP contribution in [0, 0.1) is 13.8 Å². The van der Waals surface area contributed by atoms with Crippen molar-refractivity contribution in [1.82, 2.24) is 4.98 Å². The van der Waals surface area contributed by atoms with E-state index < -0.39 is 23.5 Å². The molecule has 8 heteroatoms. The van der Waals surface area contributed by atoms with Gasteiger partial charge in [0.1, 0.15) is 11.5 Å². The third-order valence-electron chi connectivity index (χ3n) is 4.91. The highest BCUT2D eigenvalue weighted by Crippen LogP contribution is 2.45. The van der Waals surface area contributed by atoms with E-state index in [1.165, 1.54) is 40.5 Å². The van der Waals surface area contributed by atoms with Crippen molar-refractivity contribution in [2.45, 2.75) is 19.9 Å². The monoisotopic (exact) mass is 422 g/mol. The lowest BCUT2D eigenvalue weighted by Crippen LogP contribution is -2.31. The number of ketones is 1. The van der Waals surface area contributed by atoms with Gasteiger partial charge in [0.25, 0.3) is 5.91 Å². The van der Waals surface area contributed by atoms with Crippen LogP contribution in [0.4, 0.5) is 5.69 Å². The number of Topliss-reactive ketones (excluding diaryl/α,β-unsaturated/α-hetero) is 1. The number of anilines is 1.